The summed E-state index contributed by atoms with van der Waals surface area (Å²) in [5, 5.41) is 34.3. The number of carbonyl (C=O) groups is 8. The van der Waals surface area contributed by atoms with Gasteiger partial charge in [0.1, 0.15) is 42.0 Å². The number of aliphatic hydroxyl groups is 1. The number of hydrogen-bond donors (Lipinski definition) is 12. The Hall–Kier alpha value is -6.62. The van der Waals surface area contributed by atoms with Crippen LogP contribution in [0.15, 0.2) is 50.2 Å². The number of aliphatic carboxylic acids is 1. The number of thiophene rings is 1. The first-order valence-electron chi connectivity index (χ1n) is 25.7. The molecule has 26 nitrogen and oxygen atoms in total. The number of halogens is 1. The van der Waals surface area contributed by atoms with Crippen LogP contribution >= 0.6 is 27.3 Å². The van der Waals surface area contributed by atoms with Crippen LogP contribution in [0.25, 0.3) is 0 Å². The van der Waals surface area contributed by atoms with Gasteiger partial charge in [-0.2, -0.15) is 0 Å². The molecule has 0 aliphatic carbocycles. The molecule has 1 aromatic carbocycles. The van der Waals surface area contributed by atoms with Crippen LogP contribution < -0.4 is 60.0 Å². The van der Waals surface area contributed by atoms with Crippen LogP contribution in [0.3, 0.4) is 0 Å². The van der Waals surface area contributed by atoms with Gasteiger partial charge in [-0.15, -0.1) is 11.3 Å². The Labute approximate surface area is 459 Å². The van der Waals surface area contributed by atoms with Crippen LogP contribution in [0.4, 0.5) is 0 Å². The monoisotopic (exact) mass is 1160 g/mol. The molecule has 3 aliphatic heterocycles. The number of rotatable bonds is 29. The molecule has 4 heterocycles. The molecule has 3 aliphatic rings. The third kappa shape index (κ3) is 18.5. The summed E-state index contributed by atoms with van der Waals surface area (Å²) < 4.78 is 6.03. The molecule has 8 atom stereocenters. The summed E-state index contributed by atoms with van der Waals surface area (Å²) in [6.07, 6.45) is 4.05. The highest BCUT2D eigenvalue weighted by Gasteiger charge is 2.43. The number of nitrogens with one attached hydrogen (secondary N) is 5. The number of aliphatic hydroxyl groups excluding tert-OH is 1. The molecule has 0 radical (unpaired) electrons. The number of carboxylic acid groups (broad SMARTS) is 1. The molecule has 77 heavy (non-hydrogen) atoms. The van der Waals surface area contributed by atoms with Gasteiger partial charge in [0.05, 0.1) is 30.1 Å². The van der Waals surface area contributed by atoms with Crippen molar-refractivity contribution in [1.82, 2.24) is 41.3 Å². The number of likely N-dealkylation sites (tertiary alicyclic amines) is 3. The number of amides is 7. The third-order valence-corrected chi connectivity index (χ3v) is 15.2. The Bertz CT molecular complexity index is 2420. The highest BCUT2D eigenvalue weighted by Crippen LogP contribution is 2.27. The van der Waals surface area contributed by atoms with Gasteiger partial charge < -0.3 is 84.9 Å². The number of methoxy groups -OCH3 is 1. The molecular formula is C49H74BrN15O11S. The number of ether oxygens (including phenoxy) is 1. The fraction of sp³-hybridized carbons (Fsp3) is 0.592. The highest BCUT2D eigenvalue weighted by molar-refractivity contribution is 9.11. The Morgan fingerprint density at radius 1 is 0.740 bits per heavy atom. The number of carbonyl (C=O) groups excluding carboxylic acids is 7. The van der Waals surface area contributed by atoms with E-state index >= 15 is 0 Å². The molecule has 7 amide bonds. The van der Waals surface area contributed by atoms with Gasteiger partial charge in [0.15, 0.2) is 11.9 Å². The molecule has 3 fully saturated rings. The topological polar surface area (TPSA) is 411 Å². The molecule has 0 spiro atoms. The van der Waals surface area contributed by atoms with Crippen molar-refractivity contribution in [2.45, 2.75) is 125 Å². The van der Waals surface area contributed by atoms with E-state index in [1.54, 1.807) is 24.3 Å². The lowest BCUT2D eigenvalue weighted by Gasteiger charge is -2.32. The minimum Gasteiger partial charge on any atom is -0.497 e. The molecule has 28 heteroatoms. The van der Waals surface area contributed by atoms with Crippen molar-refractivity contribution >= 4 is 86.5 Å². The summed E-state index contributed by atoms with van der Waals surface area (Å²) in [5.74, 6) is -4.88. The zero-order valence-electron chi connectivity index (χ0n) is 43.2. The minimum atomic E-state index is -1.53. The van der Waals surface area contributed by atoms with Gasteiger partial charge in [0.25, 0.3) is 0 Å². The van der Waals surface area contributed by atoms with Crippen LogP contribution in [0, 0.1) is 0 Å². The summed E-state index contributed by atoms with van der Waals surface area (Å²) >= 11 is 4.71. The Balaban J connectivity index is 1.21. The fourth-order valence-electron chi connectivity index (χ4n) is 9.62. The molecule has 5 rings (SSSR count). The van der Waals surface area contributed by atoms with Gasteiger partial charge in [0, 0.05) is 56.6 Å². The van der Waals surface area contributed by atoms with Crippen LogP contribution in [-0.4, -0.2) is 192 Å². The lowest BCUT2D eigenvalue weighted by molar-refractivity contribution is -0.147. The van der Waals surface area contributed by atoms with Crippen molar-refractivity contribution < 1.29 is 53.3 Å². The predicted molar refractivity (Wildman–Crippen MR) is 290 cm³/mol. The lowest BCUT2D eigenvalue weighted by atomic mass is 10.0. The third-order valence-electron chi connectivity index (χ3n) is 13.5. The molecule has 3 saturated heterocycles. The molecule has 0 unspecified atom stereocenters. The van der Waals surface area contributed by atoms with Crippen LogP contribution in [0.1, 0.15) is 74.6 Å². The van der Waals surface area contributed by atoms with E-state index in [0.717, 1.165) is 9.35 Å². The van der Waals surface area contributed by atoms with Crippen molar-refractivity contribution in [2.75, 3.05) is 59.5 Å². The predicted octanol–water partition coefficient (Wildman–Crippen LogP) is -2.68. The molecule has 2 aromatic rings. The first-order chi connectivity index (χ1) is 36.8. The average Bonchev–Trinajstić information content (AvgIpc) is 4.26. The van der Waals surface area contributed by atoms with Crippen molar-refractivity contribution in [1.29, 1.82) is 0 Å². The van der Waals surface area contributed by atoms with Gasteiger partial charge in [0.2, 0.25) is 41.4 Å². The second kappa shape index (κ2) is 30.4. The molecule has 0 saturated carbocycles. The number of carboxylic acids is 1. The Morgan fingerprint density at radius 2 is 1.34 bits per heavy atom. The molecule has 0 bridgehead atoms. The number of hydrogen-bond acceptors (Lipinski definition) is 15. The van der Waals surface area contributed by atoms with E-state index < -0.39 is 97.0 Å². The van der Waals surface area contributed by atoms with E-state index in [4.69, 9.17) is 33.4 Å². The highest BCUT2D eigenvalue weighted by atomic mass is 79.9. The number of benzene rings is 1. The smallest absolute Gasteiger partial charge is 0.320 e. The summed E-state index contributed by atoms with van der Waals surface area (Å²) in [6.45, 7) is -0.141. The van der Waals surface area contributed by atoms with Crippen molar-refractivity contribution in [3.63, 3.8) is 0 Å². The number of nitrogens with two attached hydrogens (primary N) is 5. The van der Waals surface area contributed by atoms with Crippen molar-refractivity contribution in [3.05, 3.63) is 50.6 Å². The summed E-state index contributed by atoms with van der Waals surface area (Å²) in [4.78, 5) is 122. The zero-order chi connectivity index (χ0) is 56.2. The molecular weight excluding hydrogens is 1090 g/mol. The number of aliphatic imine (C=N–C) groups is 2. The van der Waals surface area contributed by atoms with E-state index in [-0.39, 0.29) is 75.6 Å². The maximum atomic E-state index is 14.2. The Morgan fingerprint density at radius 3 is 1.92 bits per heavy atom. The second-order valence-corrected chi connectivity index (χ2v) is 21.7. The minimum absolute atomic E-state index is 0.0348. The van der Waals surface area contributed by atoms with Gasteiger partial charge in [-0.25, -0.2) is 0 Å². The van der Waals surface area contributed by atoms with E-state index in [1.807, 2.05) is 12.1 Å². The maximum Gasteiger partial charge on any atom is 0.320 e. The SMILES string of the molecule is COc1ccc(C[C@@H](CN[C@@H](CCCN=C(N)N)C(=O)O)NC(=O)[C@@H]2CCCN2C(=O)[C@H](CO)NC(=O)[C@H](Cc2ccc(Br)s2)NC(=O)CNC(=O)[C@@H]2CCCN2C(=O)[C@@H]2CCCN2C(=O)[C@@H](N)CCCN=C(N)N)cc1. The van der Waals surface area contributed by atoms with Gasteiger partial charge in [-0.05, 0) is 116 Å². The molecule has 17 N–H and O–H groups in total. The second-order valence-electron chi connectivity index (χ2n) is 19.1. The normalized spacial score (nSPS) is 19.0. The van der Waals surface area contributed by atoms with Crippen molar-refractivity contribution in [2.24, 2.45) is 38.7 Å². The largest absolute Gasteiger partial charge is 0.497 e. The number of nitrogens with zero attached hydrogens (tertiary/aromatic N) is 5. The van der Waals surface area contributed by atoms with E-state index in [9.17, 15) is 48.6 Å². The first kappa shape index (κ1) is 61.2. The van der Waals surface area contributed by atoms with E-state index in [2.05, 4.69) is 52.5 Å². The first-order valence-corrected chi connectivity index (χ1v) is 27.3. The van der Waals surface area contributed by atoms with E-state index in [0.29, 0.717) is 75.1 Å². The summed E-state index contributed by atoms with van der Waals surface area (Å²) in [5.41, 5.74) is 28.6. The maximum absolute atomic E-state index is 14.2. The van der Waals surface area contributed by atoms with E-state index in [1.165, 1.54) is 33.1 Å². The molecule has 1 aromatic heterocycles. The zero-order valence-corrected chi connectivity index (χ0v) is 45.6. The van der Waals surface area contributed by atoms with Gasteiger partial charge >= 0.3 is 5.97 Å². The van der Waals surface area contributed by atoms with Gasteiger partial charge in [-0.1, -0.05) is 12.1 Å². The standard InChI is InChI=1S/C49H74BrN15O11S/c1-76-30-14-12-28(13-15-30)23-29(25-58-33(47(74)75)8-3-19-57-49(54)55)60-43(70)37-10-5-20-63(37)45(72)35(27-66)62-41(68)34(24-31-16-17-39(50)77-31)61-40(67)26-59-42(69)36-9-4-21-64(36)46(73)38-11-6-22-65(38)44(71)32(51)7-2-18-56-48(52)53/h12-17,29,32-38,58,66H,2-11,18-27,51H2,1H3,(H,59,69)(H,60,70)(H,61,67)(H,62,68)(H,74,75)(H4,52,53,56)(H4,54,55,57)/t29-,32-,33-,34-,35-,36-,37-,38-/m0/s1. The van der Waals surface area contributed by atoms with Gasteiger partial charge in [-0.3, -0.25) is 48.3 Å². The number of guanidine groups is 2. The Kier molecular flexibility index (Phi) is 24.1. The lowest BCUT2D eigenvalue weighted by Crippen LogP contribution is -2.59. The van der Waals surface area contributed by atoms with Crippen molar-refractivity contribution in [3.8, 4) is 5.75 Å². The average molecular weight is 1160 g/mol. The quantitative estimate of drug-likeness (QED) is 0.0224. The summed E-state index contributed by atoms with van der Waals surface area (Å²) in [6, 6.07) is 2.56. The van der Waals surface area contributed by atoms with Crippen LogP contribution in [0.5, 0.6) is 5.75 Å². The fourth-order valence-corrected chi connectivity index (χ4v) is 11.1. The molecule has 424 valence electrons. The van der Waals surface area contributed by atoms with Crippen LogP contribution in [0.2, 0.25) is 0 Å². The van der Waals surface area contributed by atoms with Crippen LogP contribution in [-0.2, 0) is 51.2 Å². The summed E-state index contributed by atoms with van der Waals surface area (Å²) in [7, 11) is 1.53.